The number of amides is 1. The van der Waals surface area contributed by atoms with E-state index >= 15 is 0 Å². The van der Waals surface area contributed by atoms with Crippen LogP contribution in [-0.4, -0.2) is 64.3 Å². The Labute approximate surface area is 163 Å². The molecule has 2 aliphatic heterocycles. The molecule has 2 fully saturated rings. The normalized spacial score (nSPS) is 29.8. The summed E-state index contributed by atoms with van der Waals surface area (Å²) in [4.78, 5) is 22.2. The third kappa shape index (κ3) is 5.25. The monoisotopic (exact) mass is 406 g/mol. The number of hydrogen-bond acceptors (Lipinski definition) is 7. The second-order valence-electron chi connectivity index (χ2n) is 6.88. The Hall–Kier alpha value is -1.03. The first-order valence-electron chi connectivity index (χ1n) is 8.92. The zero-order valence-electron chi connectivity index (χ0n) is 14.6. The van der Waals surface area contributed by atoms with Gasteiger partial charge in [-0.05, 0) is 57.5 Å². The lowest BCUT2D eigenvalue weighted by molar-refractivity contribution is -0.145. The number of thioether (sulfide) groups is 1. The summed E-state index contributed by atoms with van der Waals surface area (Å²) in [5, 5.41) is 19.3. The summed E-state index contributed by atoms with van der Waals surface area (Å²) in [5.74, 6) is -0.891. The first-order chi connectivity index (χ1) is 12.0. The van der Waals surface area contributed by atoms with Gasteiger partial charge in [-0.1, -0.05) is 11.8 Å². The average Bonchev–Trinajstić information content (AvgIpc) is 3.07. The quantitative estimate of drug-likeness (QED) is 0.602. The van der Waals surface area contributed by atoms with E-state index in [1.807, 2.05) is 0 Å². The molecule has 0 radical (unpaired) electrons. The van der Waals surface area contributed by atoms with Crippen LogP contribution in [-0.2, 0) is 14.3 Å². The minimum Gasteiger partial charge on any atom is -0.480 e. The van der Waals surface area contributed by atoms with E-state index < -0.39 is 11.9 Å². The molecule has 1 aliphatic carbocycles. The fourth-order valence-corrected chi connectivity index (χ4v) is 5.14. The number of ether oxygens (including phenoxy) is 1. The van der Waals surface area contributed by atoms with Crippen LogP contribution in [0.3, 0.4) is 0 Å². The zero-order valence-corrected chi connectivity index (χ0v) is 16.3. The van der Waals surface area contributed by atoms with Crippen molar-refractivity contribution in [3.63, 3.8) is 0 Å². The maximum absolute atomic E-state index is 11.6. The van der Waals surface area contributed by atoms with Gasteiger partial charge in [0.1, 0.15) is 12.0 Å². The van der Waals surface area contributed by atoms with E-state index in [4.69, 9.17) is 15.6 Å². The molecule has 3 aliphatic rings. The zero-order chi connectivity index (χ0) is 17.8. The summed E-state index contributed by atoms with van der Waals surface area (Å²) in [5.41, 5.74) is 5.47. The minimum atomic E-state index is -0.931. The van der Waals surface area contributed by atoms with E-state index in [-0.39, 0.29) is 36.5 Å². The predicted octanol–water partition coefficient (Wildman–Crippen LogP) is 0.994. The number of nitrogens with one attached hydrogen (secondary N) is 1. The maximum atomic E-state index is 11.6. The van der Waals surface area contributed by atoms with Crippen LogP contribution >= 0.6 is 24.2 Å². The first-order valence-corrected chi connectivity index (χ1v) is 9.80. The molecule has 4 N–H and O–H groups in total. The van der Waals surface area contributed by atoms with E-state index in [1.165, 1.54) is 11.8 Å². The summed E-state index contributed by atoms with van der Waals surface area (Å²) in [6.07, 6.45) is 5.57. The van der Waals surface area contributed by atoms with Crippen molar-refractivity contribution < 1.29 is 19.4 Å². The van der Waals surface area contributed by atoms with E-state index in [9.17, 15) is 9.59 Å². The summed E-state index contributed by atoms with van der Waals surface area (Å²) in [6.45, 7) is 1.76. The number of carboxylic acids is 1. The van der Waals surface area contributed by atoms with E-state index in [0.717, 1.165) is 51.6 Å². The topological polar surface area (TPSA) is 117 Å². The Morgan fingerprint density at radius 2 is 1.88 bits per heavy atom. The molecule has 26 heavy (non-hydrogen) atoms. The van der Waals surface area contributed by atoms with Crippen molar-refractivity contribution in [3.8, 4) is 0 Å². The number of hydrazone groups is 1. The Bertz CT molecular complexity index is 536. The smallest absolute Gasteiger partial charge is 0.329 e. The summed E-state index contributed by atoms with van der Waals surface area (Å²) in [6, 6.07) is 0.258. The number of hydrogen-bond donors (Lipinski definition) is 3. The van der Waals surface area contributed by atoms with Crippen molar-refractivity contribution >= 4 is 41.1 Å². The molecule has 0 bridgehead atoms. The number of nitrogens with two attached hydrogens (primary N) is 1. The number of carboxylic acid groups (broad SMARTS) is 1. The SMILES string of the molecule is Cl.NC(=O)C1=NN(C2CCC(OCC(=O)O)CC2)C(C2CCNCC2)S1. The van der Waals surface area contributed by atoms with Crippen LogP contribution in [0.4, 0.5) is 0 Å². The largest absolute Gasteiger partial charge is 0.480 e. The van der Waals surface area contributed by atoms with Gasteiger partial charge in [-0.3, -0.25) is 9.80 Å². The Kier molecular flexibility index (Phi) is 8.00. The highest BCUT2D eigenvalue weighted by molar-refractivity contribution is 8.16. The van der Waals surface area contributed by atoms with Gasteiger partial charge in [0.25, 0.3) is 5.91 Å². The first kappa shape index (κ1) is 21.3. The van der Waals surface area contributed by atoms with Crippen LogP contribution in [0.1, 0.15) is 38.5 Å². The van der Waals surface area contributed by atoms with Crippen molar-refractivity contribution in [2.45, 2.75) is 56.0 Å². The molecule has 10 heteroatoms. The molecule has 0 aromatic heterocycles. The minimum absolute atomic E-state index is 0. The fourth-order valence-electron chi connectivity index (χ4n) is 3.86. The van der Waals surface area contributed by atoms with Gasteiger partial charge in [0.05, 0.1) is 6.10 Å². The third-order valence-electron chi connectivity index (χ3n) is 5.16. The van der Waals surface area contributed by atoms with E-state index in [1.54, 1.807) is 0 Å². The lowest BCUT2D eigenvalue weighted by Crippen LogP contribution is -2.44. The Morgan fingerprint density at radius 3 is 2.46 bits per heavy atom. The van der Waals surface area contributed by atoms with Crippen molar-refractivity contribution in [1.82, 2.24) is 10.3 Å². The fraction of sp³-hybridized carbons (Fsp3) is 0.812. The second-order valence-corrected chi connectivity index (χ2v) is 7.99. The van der Waals surface area contributed by atoms with Gasteiger partial charge in [0.15, 0.2) is 5.04 Å². The molecule has 2 heterocycles. The maximum Gasteiger partial charge on any atom is 0.329 e. The highest BCUT2D eigenvalue weighted by atomic mass is 35.5. The third-order valence-corrected chi connectivity index (χ3v) is 6.51. The van der Waals surface area contributed by atoms with Gasteiger partial charge < -0.3 is 20.9 Å². The van der Waals surface area contributed by atoms with Crippen LogP contribution in [0.2, 0.25) is 0 Å². The number of carbonyl (C=O) groups excluding carboxylic acids is 1. The lowest BCUT2D eigenvalue weighted by atomic mass is 9.91. The van der Waals surface area contributed by atoms with E-state index in [0.29, 0.717) is 11.0 Å². The molecule has 0 aromatic rings. The van der Waals surface area contributed by atoms with E-state index in [2.05, 4.69) is 15.4 Å². The highest BCUT2D eigenvalue weighted by Gasteiger charge is 2.40. The van der Waals surface area contributed by atoms with Gasteiger partial charge in [-0.15, -0.1) is 12.4 Å². The van der Waals surface area contributed by atoms with Crippen LogP contribution in [0.5, 0.6) is 0 Å². The molecule has 148 valence electrons. The van der Waals surface area contributed by atoms with Crippen LogP contribution < -0.4 is 11.1 Å². The van der Waals surface area contributed by atoms with Crippen molar-refractivity contribution in [2.24, 2.45) is 16.8 Å². The molecule has 8 nitrogen and oxygen atoms in total. The number of carbonyl (C=O) groups is 2. The standard InChI is InChI=1S/C16H26N4O4S.ClH/c17-14(23)15-19-20(16(25-15)10-5-7-18-8-6-10)11-1-3-12(4-2-11)24-9-13(21)22;/h10-12,16,18H,1-9H2,(H2,17,23)(H,21,22);1H. The van der Waals surface area contributed by atoms with Gasteiger partial charge in [-0.2, -0.15) is 5.10 Å². The molecule has 0 spiro atoms. The van der Waals surface area contributed by atoms with Crippen molar-refractivity contribution in [2.75, 3.05) is 19.7 Å². The summed E-state index contributed by atoms with van der Waals surface area (Å²) < 4.78 is 5.42. The van der Waals surface area contributed by atoms with Gasteiger partial charge in [0, 0.05) is 6.04 Å². The Morgan fingerprint density at radius 1 is 1.23 bits per heavy atom. The van der Waals surface area contributed by atoms with Crippen LogP contribution in [0.25, 0.3) is 0 Å². The summed E-state index contributed by atoms with van der Waals surface area (Å²) >= 11 is 1.51. The van der Waals surface area contributed by atoms with Gasteiger partial charge in [0.2, 0.25) is 0 Å². The van der Waals surface area contributed by atoms with Gasteiger partial charge in [-0.25, -0.2) is 4.79 Å². The lowest BCUT2D eigenvalue weighted by Gasteiger charge is -2.39. The van der Waals surface area contributed by atoms with Crippen molar-refractivity contribution in [1.29, 1.82) is 0 Å². The van der Waals surface area contributed by atoms with Crippen molar-refractivity contribution in [3.05, 3.63) is 0 Å². The molecule has 1 unspecified atom stereocenters. The average molecular weight is 407 g/mol. The van der Waals surface area contributed by atoms with Crippen LogP contribution in [0, 0.1) is 5.92 Å². The molecule has 0 aromatic carbocycles. The predicted molar refractivity (Wildman–Crippen MR) is 102 cm³/mol. The number of primary amides is 1. The summed E-state index contributed by atoms with van der Waals surface area (Å²) in [7, 11) is 0. The molecule has 3 rings (SSSR count). The molecular weight excluding hydrogens is 380 g/mol. The molecular formula is C16H27ClN4O4S. The number of piperidine rings is 1. The van der Waals surface area contributed by atoms with Crippen LogP contribution in [0.15, 0.2) is 5.10 Å². The second kappa shape index (κ2) is 9.77. The molecule has 1 saturated carbocycles. The highest BCUT2D eigenvalue weighted by Crippen LogP contribution is 2.40. The molecule has 1 atom stereocenters. The molecule has 1 saturated heterocycles. The molecule has 1 amide bonds. The number of aliphatic carboxylic acids is 1. The van der Waals surface area contributed by atoms with Gasteiger partial charge >= 0.3 is 5.97 Å². The number of rotatable bonds is 6. The number of halogens is 1. The Balaban J connectivity index is 0.00000243. The number of nitrogens with zero attached hydrogens (tertiary/aromatic N) is 2.